The van der Waals surface area contributed by atoms with E-state index in [1.165, 1.54) is 44.2 Å². The smallest absolute Gasteiger partial charge is 0.145 e. The molecular formula is C47H33NO. The molecular weight excluding hydrogens is 595 g/mol. The van der Waals surface area contributed by atoms with E-state index in [0.717, 1.165) is 49.8 Å². The minimum atomic E-state index is -0.120. The highest BCUT2D eigenvalue weighted by Gasteiger charge is 2.36. The highest BCUT2D eigenvalue weighted by atomic mass is 16.3. The monoisotopic (exact) mass is 627 g/mol. The molecule has 9 aromatic rings. The summed E-state index contributed by atoms with van der Waals surface area (Å²) in [5.74, 6) is 0. The number of nitrogens with zero attached hydrogens (tertiary/aromatic N) is 1. The maximum atomic E-state index is 6.68. The third-order valence-electron chi connectivity index (χ3n) is 10.6. The minimum Gasteiger partial charge on any atom is -0.455 e. The largest absolute Gasteiger partial charge is 0.455 e. The zero-order chi connectivity index (χ0) is 32.7. The molecule has 0 radical (unpaired) electrons. The van der Waals surface area contributed by atoms with Crippen LogP contribution in [-0.2, 0) is 5.41 Å². The second-order valence-corrected chi connectivity index (χ2v) is 13.8. The molecule has 0 atom stereocenters. The van der Waals surface area contributed by atoms with Gasteiger partial charge in [0.05, 0.1) is 5.69 Å². The Hall–Kier alpha value is -6.12. The van der Waals surface area contributed by atoms with E-state index in [4.69, 9.17) is 4.42 Å². The number of rotatable bonds is 4. The number of fused-ring (bicyclic) bond motifs is 9. The van der Waals surface area contributed by atoms with Gasteiger partial charge in [-0.15, -0.1) is 0 Å². The van der Waals surface area contributed by atoms with Crippen LogP contribution in [0.3, 0.4) is 0 Å². The van der Waals surface area contributed by atoms with E-state index in [1.54, 1.807) is 0 Å². The molecule has 2 nitrogen and oxygen atoms in total. The molecule has 2 heteroatoms. The first-order valence-electron chi connectivity index (χ1n) is 17.0. The first-order chi connectivity index (χ1) is 24.0. The van der Waals surface area contributed by atoms with Crippen LogP contribution in [0.2, 0.25) is 0 Å². The Bertz CT molecular complexity index is 2770. The molecule has 0 spiro atoms. The van der Waals surface area contributed by atoms with Gasteiger partial charge in [0.1, 0.15) is 11.2 Å². The number of para-hydroxylation sites is 1. The lowest BCUT2D eigenvalue weighted by atomic mass is 9.82. The Kier molecular flexibility index (Phi) is 5.95. The topological polar surface area (TPSA) is 16.4 Å². The summed E-state index contributed by atoms with van der Waals surface area (Å²) in [6, 6.07) is 59.5. The lowest BCUT2D eigenvalue weighted by Crippen LogP contribution is -2.16. The fourth-order valence-corrected chi connectivity index (χ4v) is 8.17. The van der Waals surface area contributed by atoms with Crippen LogP contribution in [0.1, 0.15) is 25.0 Å². The average molecular weight is 628 g/mol. The number of hydrogen-bond donors (Lipinski definition) is 0. The van der Waals surface area contributed by atoms with E-state index >= 15 is 0 Å². The standard InChI is InChI=1S/C47H33NO/c1-47(2)41-18-7-5-16-37(41)38-26-24-36(29-42(38)47)48(35-15-9-14-33(28-35)34-22-21-30-11-3-4-12-32(30)27-34)43-19-10-13-31-23-25-40-39-17-6-8-20-44(39)49-46(40)45(31)43/h3-29H,1-2H3. The molecule has 0 N–H and O–H groups in total. The predicted octanol–water partition coefficient (Wildman–Crippen LogP) is 13.3. The van der Waals surface area contributed by atoms with Crippen molar-refractivity contribution in [1.29, 1.82) is 0 Å². The second-order valence-electron chi connectivity index (χ2n) is 13.8. The van der Waals surface area contributed by atoms with E-state index < -0.39 is 0 Å². The average Bonchev–Trinajstić information content (AvgIpc) is 3.64. The van der Waals surface area contributed by atoms with Gasteiger partial charge in [0, 0.05) is 32.9 Å². The van der Waals surface area contributed by atoms with E-state index in [-0.39, 0.29) is 5.41 Å². The first-order valence-corrected chi connectivity index (χ1v) is 17.0. The molecule has 0 fully saturated rings. The third kappa shape index (κ3) is 4.20. The highest BCUT2D eigenvalue weighted by molar-refractivity contribution is 6.19. The molecule has 10 rings (SSSR count). The van der Waals surface area contributed by atoms with Crippen molar-refractivity contribution >= 4 is 60.5 Å². The minimum absolute atomic E-state index is 0.120. The molecule has 1 heterocycles. The Morgan fingerprint density at radius 3 is 2.12 bits per heavy atom. The SMILES string of the molecule is CC1(C)c2ccccc2-c2ccc(N(c3cccc(-c4ccc5ccccc5c4)c3)c3cccc4ccc5c6ccccc6oc5c34)cc21. The maximum Gasteiger partial charge on any atom is 0.145 e. The van der Waals surface area contributed by atoms with Crippen LogP contribution in [0.25, 0.3) is 65.7 Å². The Labute approximate surface area is 285 Å². The summed E-state index contributed by atoms with van der Waals surface area (Å²) >= 11 is 0. The van der Waals surface area contributed by atoms with Gasteiger partial charge < -0.3 is 9.32 Å². The van der Waals surface area contributed by atoms with Gasteiger partial charge in [-0.25, -0.2) is 0 Å². The summed E-state index contributed by atoms with van der Waals surface area (Å²) in [6.07, 6.45) is 0. The number of anilines is 3. The molecule has 8 aromatic carbocycles. The van der Waals surface area contributed by atoms with Crippen LogP contribution >= 0.6 is 0 Å². The van der Waals surface area contributed by atoms with E-state index in [0.29, 0.717) is 0 Å². The zero-order valence-corrected chi connectivity index (χ0v) is 27.4. The van der Waals surface area contributed by atoms with Gasteiger partial charge in [-0.2, -0.15) is 0 Å². The molecule has 0 aliphatic heterocycles. The van der Waals surface area contributed by atoms with Crippen molar-refractivity contribution in [2.24, 2.45) is 0 Å². The van der Waals surface area contributed by atoms with Gasteiger partial charge >= 0.3 is 0 Å². The van der Waals surface area contributed by atoms with Crippen molar-refractivity contribution in [3.63, 3.8) is 0 Å². The van der Waals surface area contributed by atoms with Crippen molar-refractivity contribution in [2.45, 2.75) is 19.3 Å². The third-order valence-corrected chi connectivity index (χ3v) is 10.6. The van der Waals surface area contributed by atoms with Gasteiger partial charge in [0.2, 0.25) is 0 Å². The molecule has 0 saturated heterocycles. The van der Waals surface area contributed by atoms with E-state index in [1.807, 2.05) is 6.07 Å². The van der Waals surface area contributed by atoms with Crippen LogP contribution in [-0.4, -0.2) is 0 Å². The van der Waals surface area contributed by atoms with E-state index in [9.17, 15) is 0 Å². The summed E-state index contributed by atoms with van der Waals surface area (Å²) in [7, 11) is 0. The van der Waals surface area contributed by atoms with Gasteiger partial charge in [-0.1, -0.05) is 129 Å². The lowest BCUT2D eigenvalue weighted by Gasteiger charge is -2.29. The molecule has 232 valence electrons. The van der Waals surface area contributed by atoms with Gasteiger partial charge in [-0.05, 0) is 98.1 Å². The molecule has 1 aromatic heterocycles. The van der Waals surface area contributed by atoms with E-state index in [2.05, 4.69) is 176 Å². The fourth-order valence-electron chi connectivity index (χ4n) is 8.17. The number of hydrogen-bond acceptors (Lipinski definition) is 2. The van der Waals surface area contributed by atoms with Crippen LogP contribution in [0.15, 0.2) is 168 Å². The van der Waals surface area contributed by atoms with Crippen molar-refractivity contribution in [3.05, 3.63) is 175 Å². The van der Waals surface area contributed by atoms with Crippen molar-refractivity contribution < 1.29 is 4.42 Å². The van der Waals surface area contributed by atoms with Crippen LogP contribution in [0, 0.1) is 0 Å². The molecule has 0 amide bonds. The quantitative estimate of drug-likeness (QED) is 0.193. The Balaban J connectivity index is 1.24. The molecule has 0 unspecified atom stereocenters. The van der Waals surface area contributed by atoms with Gasteiger partial charge in [0.15, 0.2) is 0 Å². The fraction of sp³-hybridized carbons (Fsp3) is 0.0638. The molecule has 1 aliphatic rings. The summed E-state index contributed by atoms with van der Waals surface area (Å²) in [6.45, 7) is 4.70. The van der Waals surface area contributed by atoms with Crippen molar-refractivity contribution in [2.75, 3.05) is 4.90 Å². The van der Waals surface area contributed by atoms with Crippen molar-refractivity contribution in [1.82, 2.24) is 0 Å². The molecule has 1 aliphatic carbocycles. The zero-order valence-electron chi connectivity index (χ0n) is 27.4. The summed E-state index contributed by atoms with van der Waals surface area (Å²) in [5, 5.41) is 7.01. The van der Waals surface area contributed by atoms with Crippen molar-refractivity contribution in [3.8, 4) is 22.3 Å². The summed E-state index contributed by atoms with van der Waals surface area (Å²) in [5.41, 5.74) is 12.7. The molecule has 49 heavy (non-hydrogen) atoms. The van der Waals surface area contributed by atoms with Crippen LogP contribution in [0.4, 0.5) is 17.1 Å². The summed E-state index contributed by atoms with van der Waals surface area (Å²) in [4.78, 5) is 2.43. The Morgan fingerprint density at radius 2 is 1.18 bits per heavy atom. The predicted molar refractivity (Wildman–Crippen MR) is 206 cm³/mol. The molecule has 0 saturated carbocycles. The lowest BCUT2D eigenvalue weighted by molar-refractivity contribution is 0.660. The maximum absolute atomic E-state index is 6.68. The highest BCUT2D eigenvalue weighted by Crippen LogP contribution is 2.51. The second kappa shape index (κ2) is 10.4. The van der Waals surface area contributed by atoms with Crippen LogP contribution in [0.5, 0.6) is 0 Å². The number of furan rings is 1. The summed E-state index contributed by atoms with van der Waals surface area (Å²) < 4.78 is 6.68. The van der Waals surface area contributed by atoms with Gasteiger partial charge in [-0.3, -0.25) is 0 Å². The molecule has 0 bridgehead atoms. The normalized spacial score (nSPS) is 13.3. The first kappa shape index (κ1) is 27.9. The number of benzene rings is 8. The van der Waals surface area contributed by atoms with Gasteiger partial charge in [0.25, 0.3) is 0 Å². The van der Waals surface area contributed by atoms with Crippen LogP contribution < -0.4 is 4.90 Å². The Morgan fingerprint density at radius 1 is 0.469 bits per heavy atom.